The predicted molar refractivity (Wildman–Crippen MR) is 67.3 cm³/mol. The number of nitrogen functional groups attached to an aromatic ring is 1. The topological polar surface area (TPSA) is 50.9 Å². The van der Waals surface area contributed by atoms with Crippen LogP contribution in [0.15, 0.2) is 30.6 Å². The van der Waals surface area contributed by atoms with Gasteiger partial charge in [0.25, 0.3) is 0 Å². The molecule has 1 saturated carbocycles. The van der Waals surface area contributed by atoms with Crippen molar-refractivity contribution in [1.82, 2.24) is 4.98 Å². The van der Waals surface area contributed by atoms with E-state index in [1.54, 1.807) is 0 Å². The molecule has 3 nitrogen and oxygen atoms in total. The Hall–Kier alpha value is -1.77. The molecule has 3 heteroatoms. The van der Waals surface area contributed by atoms with Gasteiger partial charge in [0, 0.05) is 40.6 Å². The lowest BCUT2D eigenvalue weighted by molar-refractivity contribution is 0.930. The van der Waals surface area contributed by atoms with Gasteiger partial charge in [0.15, 0.2) is 0 Å². The van der Waals surface area contributed by atoms with E-state index in [1.807, 2.05) is 24.5 Å². The summed E-state index contributed by atoms with van der Waals surface area (Å²) in [6, 6.07) is 6.64. The molecule has 1 heterocycles. The first-order valence-electron chi connectivity index (χ1n) is 5.64. The SMILES string of the molecule is CC1CC1Nc1ccc(N)c2cnccc12. The van der Waals surface area contributed by atoms with Crippen LogP contribution in [-0.2, 0) is 0 Å². The third-order valence-electron chi connectivity index (χ3n) is 3.30. The quantitative estimate of drug-likeness (QED) is 0.754. The number of rotatable bonds is 2. The van der Waals surface area contributed by atoms with Crippen LogP contribution in [0.4, 0.5) is 11.4 Å². The fourth-order valence-electron chi connectivity index (χ4n) is 2.06. The van der Waals surface area contributed by atoms with E-state index in [0.29, 0.717) is 6.04 Å². The van der Waals surface area contributed by atoms with Gasteiger partial charge in [-0.25, -0.2) is 0 Å². The summed E-state index contributed by atoms with van der Waals surface area (Å²) < 4.78 is 0. The highest BCUT2D eigenvalue weighted by atomic mass is 15.0. The summed E-state index contributed by atoms with van der Waals surface area (Å²) in [4.78, 5) is 4.12. The van der Waals surface area contributed by atoms with Gasteiger partial charge in [-0.3, -0.25) is 4.98 Å². The Morgan fingerprint density at radius 2 is 2.12 bits per heavy atom. The molecular formula is C13H15N3. The second-order valence-electron chi connectivity index (χ2n) is 4.59. The monoisotopic (exact) mass is 213 g/mol. The van der Waals surface area contributed by atoms with Crippen molar-refractivity contribution in [3.05, 3.63) is 30.6 Å². The minimum absolute atomic E-state index is 0.625. The maximum Gasteiger partial charge on any atom is 0.0424 e. The molecule has 0 spiro atoms. The van der Waals surface area contributed by atoms with E-state index in [-0.39, 0.29) is 0 Å². The van der Waals surface area contributed by atoms with Crippen molar-refractivity contribution >= 4 is 22.1 Å². The first kappa shape index (κ1) is 9.46. The van der Waals surface area contributed by atoms with Crippen LogP contribution in [-0.4, -0.2) is 11.0 Å². The number of aromatic nitrogens is 1. The van der Waals surface area contributed by atoms with Crippen LogP contribution >= 0.6 is 0 Å². The second-order valence-corrected chi connectivity index (χ2v) is 4.59. The molecule has 1 aromatic carbocycles. The van der Waals surface area contributed by atoms with E-state index < -0.39 is 0 Å². The van der Waals surface area contributed by atoms with Crippen molar-refractivity contribution in [3.8, 4) is 0 Å². The highest BCUT2D eigenvalue weighted by Crippen LogP contribution is 2.35. The van der Waals surface area contributed by atoms with E-state index in [2.05, 4.69) is 23.3 Å². The lowest BCUT2D eigenvalue weighted by Crippen LogP contribution is -2.04. The van der Waals surface area contributed by atoms with Crippen molar-refractivity contribution in [1.29, 1.82) is 0 Å². The predicted octanol–water partition coefficient (Wildman–Crippen LogP) is 2.64. The Morgan fingerprint density at radius 3 is 2.88 bits per heavy atom. The van der Waals surface area contributed by atoms with Crippen LogP contribution in [0.1, 0.15) is 13.3 Å². The van der Waals surface area contributed by atoms with Crippen molar-refractivity contribution in [2.24, 2.45) is 5.92 Å². The van der Waals surface area contributed by atoms with Gasteiger partial charge in [-0.1, -0.05) is 6.92 Å². The molecular weight excluding hydrogens is 198 g/mol. The standard InChI is InChI=1S/C13H15N3/c1-8-6-13(8)16-12-3-2-11(14)10-7-15-5-4-9(10)12/h2-5,7-8,13,16H,6,14H2,1H3. The average Bonchev–Trinajstić information content (AvgIpc) is 2.99. The summed E-state index contributed by atoms with van der Waals surface area (Å²) in [5.74, 6) is 0.787. The highest BCUT2D eigenvalue weighted by Gasteiger charge is 2.32. The van der Waals surface area contributed by atoms with Crippen molar-refractivity contribution < 1.29 is 0 Å². The molecule has 0 radical (unpaired) electrons. The number of pyridine rings is 1. The van der Waals surface area contributed by atoms with Gasteiger partial charge < -0.3 is 11.1 Å². The maximum absolute atomic E-state index is 5.93. The molecule has 82 valence electrons. The number of anilines is 2. The number of nitrogens with zero attached hydrogens (tertiary/aromatic N) is 1. The van der Waals surface area contributed by atoms with Gasteiger partial charge >= 0.3 is 0 Å². The number of nitrogens with two attached hydrogens (primary N) is 1. The molecule has 2 unspecified atom stereocenters. The lowest BCUT2D eigenvalue weighted by atomic mass is 10.1. The van der Waals surface area contributed by atoms with Gasteiger partial charge in [-0.05, 0) is 30.5 Å². The Labute approximate surface area is 94.7 Å². The Balaban J connectivity index is 2.07. The number of hydrogen-bond donors (Lipinski definition) is 2. The summed E-state index contributed by atoms with van der Waals surface area (Å²) in [5, 5.41) is 5.74. The summed E-state index contributed by atoms with van der Waals surface area (Å²) in [6.45, 7) is 2.26. The molecule has 0 saturated heterocycles. The molecule has 3 rings (SSSR count). The third-order valence-corrected chi connectivity index (χ3v) is 3.30. The number of nitrogens with one attached hydrogen (secondary N) is 1. The molecule has 0 amide bonds. The highest BCUT2D eigenvalue weighted by molar-refractivity contribution is 6.00. The lowest BCUT2D eigenvalue weighted by Gasteiger charge is -2.10. The fraction of sp³-hybridized carbons (Fsp3) is 0.308. The number of fused-ring (bicyclic) bond motifs is 1. The molecule has 16 heavy (non-hydrogen) atoms. The van der Waals surface area contributed by atoms with Crippen LogP contribution in [0.25, 0.3) is 10.8 Å². The van der Waals surface area contributed by atoms with Gasteiger partial charge in [0.05, 0.1) is 0 Å². The van der Waals surface area contributed by atoms with Gasteiger partial charge in [0.2, 0.25) is 0 Å². The minimum Gasteiger partial charge on any atom is -0.398 e. The molecule has 1 fully saturated rings. The Bertz CT molecular complexity index is 536. The van der Waals surface area contributed by atoms with Crippen LogP contribution < -0.4 is 11.1 Å². The van der Waals surface area contributed by atoms with Crippen molar-refractivity contribution in [2.75, 3.05) is 11.1 Å². The van der Waals surface area contributed by atoms with Gasteiger partial charge in [0.1, 0.15) is 0 Å². The zero-order chi connectivity index (χ0) is 11.1. The summed E-state index contributed by atoms with van der Waals surface area (Å²) in [7, 11) is 0. The Kier molecular flexibility index (Phi) is 1.99. The first-order valence-corrected chi connectivity index (χ1v) is 5.64. The van der Waals surface area contributed by atoms with E-state index in [0.717, 1.165) is 22.4 Å². The van der Waals surface area contributed by atoms with E-state index in [4.69, 9.17) is 5.73 Å². The second kappa shape index (κ2) is 3.37. The number of hydrogen-bond acceptors (Lipinski definition) is 3. The average molecular weight is 213 g/mol. The van der Waals surface area contributed by atoms with Crippen LogP contribution in [0, 0.1) is 5.92 Å². The van der Waals surface area contributed by atoms with E-state index in [9.17, 15) is 0 Å². The third kappa shape index (κ3) is 1.48. The first-order chi connectivity index (χ1) is 7.75. The smallest absolute Gasteiger partial charge is 0.0424 e. The molecule has 1 aromatic heterocycles. The molecule has 0 bridgehead atoms. The minimum atomic E-state index is 0.625. The van der Waals surface area contributed by atoms with E-state index >= 15 is 0 Å². The molecule has 0 aliphatic heterocycles. The zero-order valence-electron chi connectivity index (χ0n) is 9.27. The van der Waals surface area contributed by atoms with Crippen molar-refractivity contribution in [2.45, 2.75) is 19.4 Å². The normalized spacial score (nSPS) is 23.3. The number of benzene rings is 1. The molecule has 1 aliphatic carbocycles. The van der Waals surface area contributed by atoms with Crippen LogP contribution in [0.2, 0.25) is 0 Å². The van der Waals surface area contributed by atoms with E-state index in [1.165, 1.54) is 12.1 Å². The van der Waals surface area contributed by atoms with Gasteiger partial charge in [-0.15, -0.1) is 0 Å². The zero-order valence-corrected chi connectivity index (χ0v) is 9.27. The maximum atomic E-state index is 5.93. The summed E-state index contributed by atoms with van der Waals surface area (Å²) >= 11 is 0. The molecule has 2 atom stereocenters. The largest absolute Gasteiger partial charge is 0.398 e. The summed E-state index contributed by atoms with van der Waals surface area (Å²) in [5.41, 5.74) is 7.89. The molecule has 3 N–H and O–H groups in total. The van der Waals surface area contributed by atoms with Crippen LogP contribution in [0.3, 0.4) is 0 Å². The summed E-state index contributed by atoms with van der Waals surface area (Å²) in [6.07, 6.45) is 4.90. The van der Waals surface area contributed by atoms with Crippen molar-refractivity contribution in [3.63, 3.8) is 0 Å². The molecule has 1 aliphatic rings. The van der Waals surface area contributed by atoms with Crippen LogP contribution in [0.5, 0.6) is 0 Å². The van der Waals surface area contributed by atoms with Gasteiger partial charge in [-0.2, -0.15) is 0 Å². The fourth-order valence-corrected chi connectivity index (χ4v) is 2.06. The molecule has 2 aromatic rings. The Morgan fingerprint density at radius 1 is 1.31 bits per heavy atom.